The SMILES string of the molecule is CCC(C)CN(C)c1ccc(CN)c(C(F)(F)F)c1. The van der Waals surface area contributed by atoms with Crippen molar-refractivity contribution in [2.45, 2.75) is 33.0 Å². The van der Waals surface area contributed by atoms with Crippen LogP contribution in [0.15, 0.2) is 18.2 Å². The largest absolute Gasteiger partial charge is 0.416 e. The topological polar surface area (TPSA) is 29.3 Å². The average molecular weight is 274 g/mol. The van der Waals surface area contributed by atoms with E-state index in [1.54, 1.807) is 6.07 Å². The molecule has 0 amide bonds. The fourth-order valence-corrected chi connectivity index (χ4v) is 1.95. The Morgan fingerprint density at radius 1 is 1.32 bits per heavy atom. The molecule has 1 rings (SSSR count). The summed E-state index contributed by atoms with van der Waals surface area (Å²) in [6, 6.07) is 4.34. The Morgan fingerprint density at radius 2 is 1.95 bits per heavy atom. The lowest BCUT2D eigenvalue weighted by Gasteiger charge is -2.24. The Hall–Kier alpha value is -1.23. The third-order valence-corrected chi connectivity index (χ3v) is 3.34. The summed E-state index contributed by atoms with van der Waals surface area (Å²) in [5, 5.41) is 0. The van der Waals surface area contributed by atoms with E-state index in [4.69, 9.17) is 5.73 Å². The third-order valence-electron chi connectivity index (χ3n) is 3.34. The van der Waals surface area contributed by atoms with Crippen LogP contribution in [-0.2, 0) is 12.7 Å². The summed E-state index contributed by atoms with van der Waals surface area (Å²) in [7, 11) is 1.81. The molecule has 0 aromatic heterocycles. The molecular weight excluding hydrogens is 253 g/mol. The molecule has 1 aromatic carbocycles. The van der Waals surface area contributed by atoms with Gasteiger partial charge in [0.2, 0.25) is 0 Å². The standard InChI is InChI=1S/C14H21F3N2/c1-4-10(2)9-19(3)12-6-5-11(8-18)13(7-12)14(15,16)17/h5-7,10H,4,8-9,18H2,1-3H3. The van der Waals surface area contributed by atoms with Gasteiger partial charge in [-0.1, -0.05) is 26.3 Å². The zero-order valence-corrected chi connectivity index (χ0v) is 11.6. The molecule has 0 aliphatic heterocycles. The van der Waals surface area contributed by atoms with Crippen LogP contribution in [0.3, 0.4) is 0 Å². The van der Waals surface area contributed by atoms with Crippen LogP contribution in [-0.4, -0.2) is 13.6 Å². The van der Waals surface area contributed by atoms with E-state index in [2.05, 4.69) is 13.8 Å². The molecule has 0 saturated carbocycles. The molecule has 0 saturated heterocycles. The molecule has 19 heavy (non-hydrogen) atoms. The molecule has 0 fully saturated rings. The van der Waals surface area contributed by atoms with Gasteiger partial charge in [0.05, 0.1) is 5.56 Å². The quantitative estimate of drug-likeness (QED) is 0.888. The minimum atomic E-state index is -4.36. The van der Waals surface area contributed by atoms with Gasteiger partial charge in [0, 0.05) is 25.8 Å². The fourth-order valence-electron chi connectivity index (χ4n) is 1.95. The molecule has 2 N–H and O–H groups in total. The van der Waals surface area contributed by atoms with E-state index >= 15 is 0 Å². The molecule has 1 atom stereocenters. The molecule has 0 radical (unpaired) electrons. The number of hydrogen-bond acceptors (Lipinski definition) is 2. The van der Waals surface area contributed by atoms with Gasteiger partial charge >= 0.3 is 6.18 Å². The number of anilines is 1. The van der Waals surface area contributed by atoms with E-state index in [1.165, 1.54) is 12.1 Å². The molecule has 0 aliphatic carbocycles. The predicted octanol–water partition coefficient (Wildman–Crippen LogP) is 3.65. The van der Waals surface area contributed by atoms with Crippen LogP contribution in [0.5, 0.6) is 0 Å². The highest BCUT2D eigenvalue weighted by Crippen LogP contribution is 2.34. The minimum absolute atomic E-state index is 0.107. The van der Waals surface area contributed by atoms with Crippen molar-refractivity contribution >= 4 is 5.69 Å². The van der Waals surface area contributed by atoms with Crippen LogP contribution >= 0.6 is 0 Å². The molecule has 2 nitrogen and oxygen atoms in total. The molecule has 1 unspecified atom stereocenters. The van der Waals surface area contributed by atoms with Gasteiger partial charge in [-0.15, -0.1) is 0 Å². The molecule has 108 valence electrons. The lowest BCUT2D eigenvalue weighted by Crippen LogP contribution is -2.24. The number of nitrogens with zero attached hydrogens (tertiary/aromatic N) is 1. The molecule has 0 heterocycles. The summed E-state index contributed by atoms with van der Waals surface area (Å²) < 4.78 is 38.8. The van der Waals surface area contributed by atoms with Crippen molar-refractivity contribution in [1.29, 1.82) is 0 Å². The van der Waals surface area contributed by atoms with Crippen molar-refractivity contribution in [3.63, 3.8) is 0 Å². The highest BCUT2D eigenvalue weighted by molar-refractivity contribution is 5.51. The predicted molar refractivity (Wildman–Crippen MR) is 72.1 cm³/mol. The van der Waals surface area contributed by atoms with Crippen molar-refractivity contribution in [2.75, 3.05) is 18.5 Å². The van der Waals surface area contributed by atoms with Crippen LogP contribution in [0.4, 0.5) is 18.9 Å². The van der Waals surface area contributed by atoms with Gasteiger partial charge in [-0.2, -0.15) is 13.2 Å². The normalized spacial score (nSPS) is 13.4. The molecule has 5 heteroatoms. The van der Waals surface area contributed by atoms with E-state index in [0.29, 0.717) is 11.6 Å². The van der Waals surface area contributed by atoms with E-state index in [1.807, 2.05) is 11.9 Å². The molecule has 1 aromatic rings. The Kier molecular flexibility index (Phi) is 5.23. The molecule has 0 bridgehead atoms. The Morgan fingerprint density at radius 3 is 2.42 bits per heavy atom. The average Bonchev–Trinajstić information content (AvgIpc) is 2.36. The maximum atomic E-state index is 12.9. The van der Waals surface area contributed by atoms with E-state index < -0.39 is 11.7 Å². The monoisotopic (exact) mass is 274 g/mol. The molecular formula is C14H21F3N2. The zero-order chi connectivity index (χ0) is 14.6. The number of nitrogens with two attached hydrogens (primary N) is 1. The molecule has 0 spiro atoms. The number of rotatable bonds is 5. The number of benzene rings is 1. The maximum Gasteiger partial charge on any atom is 0.416 e. The number of halogens is 3. The highest BCUT2D eigenvalue weighted by Gasteiger charge is 2.33. The maximum absolute atomic E-state index is 12.9. The lowest BCUT2D eigenvalue weighted by molar-refractivity contribution is -0.138. The first kappa shape index (κ1) is 15.8. The van der Waals surface area contributed by atoms with Gasteiger partial charge in [0.25, 0.3) is 0 Å². The van der Waals surface area contributed by atoms with Crippen LogP contribution in [0.2, 0.25) is 0 Å². The fraction of sp³-hybridized carbons (Fsp3) is 0.571. The summed E-state index contributed by atoms with van der Waals surface area (Å²) in [5.41, 5.74) is 5.43. The summed E-state index contributed by atoms with van der Waals surface area (Å²) in [4.78, 5) is 1.85. The van der Waals surface area contributed by atoms with Crippen molar-refractivity contribution in [3.8, 4) is 0 Å². The van der Waals surface area contributed by atoms with Crippen molar-refractivity contribution in [3.05, 3.63) is 29.3 Å². The van der Waals surface area contributed by atoms with Crippen molar-refractivity contribution in [2.24, 2.45) is 11.7 Å². The first-order valence-corrected chi connectivity index (χ1v) is 6.40. The summed E-state index contributed by atoms with van der Waals surface area (Å²) in [6.07, 6.45) is -3.36. The Labute approximate surface area is 112 Å². The van der Waals surface area contributed by atoms with Gasteiger partial charge < -0.3 is 10.6 Å². The van der Waals surface area contributed by atoms with Gasteiger partial charge in [0.15, 0.2) is 0 Å². The highest BCUT2D eigenvalue weighted by atomic mass is 19.4. The first-order chi connectivity index (χ1) is 8.79. The third kappa shape index (κ3) is 4.13. The second kappa shape index (κ2) is 6.28. The van der Waals surface area contributed by atoms with Crippen LogP contribution in [0, 0.1) is 5.92 Å². The van der Waals surface area contributed by atoms with Crippen LogP contribution in [0.25, 0.3) is 0 Å². The van der Waals surface area contributed by atoms with Crippen molar-refractivity contribution in [1.82, 2.24) is 0 Å². The first-order valence-electron chi connectivity index (χ1n) is 6.40. The van der Waals surface area contributed by atoms with Crippen molar-refractivity contribution < 1.29 is 13.2 Å². The van der Waals surface area contributed by atoms with E-state index in [9.17, 15) is 13.2 Å². The van der Waals surface area contributed by atoms with Gasteiger partial charge in [-0.25, -0.2) is 0 Å². The minimum Gasteiger partial charge on any atom is -0.374 e. The number of hydrogen-bond donors (Lipinski definition) is 1. The Balaban J connectivity index is 3.04. The lowest BCUT2D eigenvalue weighted by atomic mass is 10.0. The number of alkyl halides is 3. The second-order valence-corrected chi connectivity index (χ2v) is 4.94. The van der Waals surface area contributed by atoms with E-state index in [-0.39, 0.29) is 12.1 Å². The molecule has 0 aliphatic rings. The zero-order valence-electron chi connectivity index (χ0n) is 11.6. The Bertz CT molecular complexity index is 416. The van der Waals surface area contributed by atoms with Gasteiger partial charge in [-0.3, -0.25) is 0 Å². The van der Waals surface area contributed by atoms with Gasteiger partial charge in [-0.05, 0) is 23.6 Å². The smallest absolute Gasteiger partial charge is 0.374 e. The van der Waals surface area contributed by atoms with Crippen LogP contribution in [0.1, 0.15) is 31.4 Å². The second-order valence-electron chi connectivity index (χ2n) is 4.94. The van der Waals surface area contributed by atoms with Crippen LogP contribution < -0.4 is 10.6 Å². The van der Waals surface area contributed by atoms with E-state index in [0.717, 1.165) is 13.0 Å². The van der Waals surface area contributed by atoms with Gasteiger partial charge in [0.1, 0.15) is 0 Å². The summed E-state index contributed by atoms with van der Waals surface area (Å²) in [5.74, 6) is 0.438. The summed E-state index contributed by atoms with van der Waals surface area (Å²) >= 11 is 0. The summed E-state index contributed by atoms with van der Waals surface area (Å²) in [6.45, 7) is 4.77.